The highest BCUT2D eigenvalue weighted by Crippen LogP contribution is 2.28. The summed E-state index contributed by atoms with van der Waals surface area (Å²) in [6, 6.07) is 13.8. The summed E-state index contributed by atoms with van der Waals surface area (Å²) < 4.78 is 26.8. The van der Waals surface area contributed by atoms with E-state index < -0.39 is 0 Å². The first-order chi connectivity index (χ1) is 11.1. The maximum Gasteiger partial charge on any atom is 0.185 e. The van der Waals surface area contributed by atoms with E-state index in [1.165, 1.54) is 47.7 Å². The molecular formula is C19H12F2OS. The van der Waals surface area contributed by atoms with Crippen LogP contribution in [0.4, 0.5) is 8.78 Å². The van der Waals surface area contributed by atoms with Gasteiger partial charge in [0.1, 0.15) is 11.6 Å². The van der Waals surface area contributed by atoms with Gasteiger partial charge in [0, 0.05) is 16.0 Å². The number of carbonyl (C=O) groups excluding carboxylic acids is 1. The molecule has 114 valence electrons. The molecule has 0 aliphatic carbocycles. The quantitative estimate of drug-likeness (QED) is 0.451. The minimum Gasteiger partial charge on any atom is -0.289 e. The van der Waals surface area contributed by atoms with Crippen molar-refractivity contribution in [3.63, 3.8) is 0 Å². The van der Waals surface area contributed by atoms with Crippen molar-refractivity contribution >= 4 is 23.2 Å². The van der Waals surface area contributed by atoms with Gasteiger partial charge >= 0.3 is 0 Å². The number of rotatable bonds is 4. The number of ketones is 1. The van der Waals surface area contributed by atoms with Crippen LogP contribution in [-0.4, -0.2) is 5.78 Å². The van der Waals surface area contributed by atoms with Crippen LogP contribution in [-0.2, 0) is 0 Å². The molecule has 0 fully saturated rings. The van der Waals surface area contributed by atoms with Crippen LogP contribution < -0.4 is 0 Å². The van der Waals surface area contributed by atoms with Crippen LogP contribution in [0.5, 0.6) is 0 Å². The fraction of sp³-hybridized carbons (Fsp3) is 0. The zero-order chi connectivity index (χ0) is 16.2. The third-order valence-electron chi connectivity index (χ3n) is 3.33. The van der Waals surface area contributed by atoms with E-state index in [9.17, 15) is 13.6 Å². The molecule has 2 aromatic carbocycles. The normalized spacial score (nSPS) is 11.0. The van der Waals surface area contributed by atoms with E-state index in [-0.39, 0.29) is 17.4 Å². The van der Waals surface area contributed by atoms with Gasteiger partial charge in [0.2, 0.25) is 0 Å². The summed E-state index contributed by atoms with van der Waals surface area (Å²) in [6.07, 6.45) is 3.03. The monoisotopic (exact) mass is 326 g/mol. The van der Waals surface area contributed by atoms with Gasteiger partial charge in [-0.05, 0) is 59.5 Å². The SMILES string of the molecule is O=C(/C=C/c1ccc(F)c(-c2cccs2)c1)c1ccc(F)cc1. The van der Waals surface area contributed by atoms with E-state index in [0.717, 1.165) is 10.4 Å². The highest BCUT2D eigenvalue weighted by atomic mass is 32.1. The highest BCUT2D eigenvalue weighted by Gasteiger charge is 2.07. The van der Waals surface area contributed by atoms with Crippen molar-refractivity contribution in [2.75, 3.05) is 0 Å². The molecular weight excluding hydrogens is 314 g/mol. The summed E-state index contributed by atoms with van der Waals surface area (Å²) in [5, 5.41) is 1.88. The molecule has 0 aliphatic heterocycles. The predicted molar refractivity (Wildman–Crippen MR) is 89.5 cm³/mol. The molecule has 0 atom stereocenters. The largest absolute Gasteiger partial charge is 0.289 e. The van der Waals surface area contributed by atoms with E-state index in [4.69, 9.17) is 0 Å². The molecule has 0 saturated heterocycles. The molecule has 0 N–H and O–H groups in total. The molecule has 1 nitrogen and oxygen atoms in total. The Hall–Kier alpha value is -2.59. The van der Waals surface area contributed by atoms with Gasteiger partial charge in [0.15, 0.2) is 5.78 Å². The molecule has 0 amide bonds. The number of benzene rings is 2. The molecule has 0 saturated carbocycles. The number of hydrogen-bond donors (Lipinski definition) is 0. The van der Waals surface area contributed by atoms with Crippen molar-refractivity contribution < 1.29 is 13.6 Å². The topological polar surface area (TPSA) is 17.1 Å². The van der Waals surface area contributed by atoms with E-state index in [1.54, 1.807) is 18.2 Å². The molecule has 3 rings (SSSR count). The molecule has 0 unspecified atom stereocenters. The average molecular weight is 326 g/mol. The molecule has 0 spiro atoms. The number of halogens is 2. The van der Waals surface area contributed by atoms with Gasteiger partial charge in [0.05, 0.1) is 0 Å². The second-order valence-corrected chi connectivity index (χ2v) is 5.87. The summed E-state index contributed by atoms with van der Waals surface area (Å²) in [4.78, 5) is 12.9. The van der Waals surface area contributed by atoms with Crippen LogP contribution in [0.3, 0.4) is 0 Å². The van der Waals surface area contributed by atoms with E-state index in [1.807, 2.05) is 17.5 Å². The van der Waals surface area contributed by atoms with Crippen LogP contribution in [0.2, 0.25) is 0 Å². The zero-order valence-electron chi connectivity index (χ0n) is 12.0. The second kappa shape index (κ2) is 6.67. The minimum absolute atomic E-state index is 0.230. The van der Waals surface area contributed by atoms with Crippen molar-refractivity contribution in [2.45, 2.75) is 0 Å². The van der Waals surface area contributed by atoms with Crippen molar-refractivity contribution in [3.8, 4) is 10.4 Å². The summed E-state index contributed by atoms with van der Waals surface area (Å²) in [5.74, 6) is -0.911. The Balaban J connectivity index is 1.84. The molecule has 1 heterocycles. The van der Waals surface area contributed by atoms with E-state index in [0.29, 0.717) is 11.1 Å². The maximum atomic E-state index is 13.9. The first-order valence-electron chi connectivity index (χ1n) is 6.95. The first-order valence-corrected chi connectivity index (χ1v) is 7.83. The van der Waals surface area contributed by atoms with Crippen molar-refractivity contribution in [1.29, 1.82) is 0 Å². The number of allylic oxidation sites excluding steroid dienone is 1. The molecule has 0 aliphatic rings. The Bertz CT molecular complexity index is 850. The van der Waals surface area contributed by atoms with Crippen LogP contribution in [0.1, 0.15) is 15.9 Å². The fourth-order valence-electron chi connectivity index (χ4n) is 2.15. The number of thiophene rings is 1. The predicted octanol–water partition coefficient (Wildman–Crippen LogP) is 5.59. The van der Waals surface area contributed by atoms with Gasteiger partial charge in [-0.3, -0.25) is 4.79 Å². The Labute approximate surface area is 136 Å². The molecule has 3 aromatic rings. The molecule has 23 heavy (non-hydrogen) atoms. The lowest BCUT2D eigenvalue weighted by Gasteiger charge is -2.02. The van der Waals surface area contributed by atoms with Gasteiger partial charge < -0.3 is 0 Å². The Morgan fingerprint density at radius 2 is 1.78 bits per heavy atom. The van der Waals surface area contributed by atoms with Crippen LogP contribution in [0, 0.1) is 11.6 Å². The minimum atomic E-state index is -0.385. The average Bonchev–Trinajstić information content (AvgIpc) is 3.08. The molecule has 4 heteroatoms. The summed E-state index contributed by atoms with van der Waals surface area (Å²) in [5.41, 5.74) is 1.64. The first kappa shape index (κ1) is 15.3. The van der Waals surface area contributed by atoms with Crippen molar-refractivity contribution in [3.05, 3.63) is 88.8 Å². The van der Waals surface area contributed by atoms with E-state index >= 15 is 0 Å². The zero-order valence-corrected chi connectivity index (χ0v) is 12.8. The van der Waals surface area contributed by atoms with Gasteiger partial charge in [-0.15, -0.1) is 11.3 Å². The smallest absolute Gasteiger partial charge is 0.185 e. The molecule has 0 bridgehead atoms. The second-order valence-electron chi connectivity index (χ2n) is 4.92. The number of hydrogen-bond acceptors (Lipinski definition) is 2. The Morgan fingerprint density at radius 3 is 2.48 bits per heavy atom. The van der Waals surface area contributed by atoms with Gasteiger partial charge in [0.25, 0.3) is 0 Å². The maximum absolute atomic E-state index is 13.9. The van der Waals surface area contributed by atoms with E-state index in [2.05, 4.69) is 0 Å². The summed E-state index contributed by atoms with van der Waals surface area (Å²) >= 11 is 1.45. The highest BCUT2D eigenvalue weighted by molar-refractivity contribution is 7.13. The standard InChI is InChI=1S/C19H12F2OS/c20-15-7-5-14(6-8-15)18(22)10-4-13-3-9-17(21)16(12-13)19-2-1-11-23-19/h1-12H/b10-4+. The van der Waals surface area contributed by atoms with Crippen LogP contribution >= 0.6 is 11.3 Å². The van der Waals surface area contributed by atoms with Gasteiger partial charge in [-0.2, -0.15) is 0 Å². The third kappa shape index (κ3) is 3.60. The summed E-state index contributed by atoms with van der Waals surface area (Å²) in [7, 11) is 0. The lowest BCUT2D eigenvalue weighted by atomic mass is 10.1. The van der Waals surface area contributed by atoms with Gasteiger partial charge in [-0.1, -0.05) is 18.2 Å². The third-order valence-corrected chi connectivity index (χ3v) is 4.24. The van der Waals surface area contributed by atoms with Crippen LogP contribution in [0.15, 0.2) is 66.1 Å². The van der Waals surface area contributed by atoms with Crippen LogP contribution in [0.25, 0.3) is 16.5 Å². The lowest BCUT2D eigenvalue weighted by molar-refractivity contribution is 0.104. The Kier molecular flexibility index (Phi) is 4.44. The fourth-order valence-corrected chi connectivity index (χ4v) is 2.89. The molecule has 1 aromatic heterocycles. The number of carbonyl (C=O) groups is 1. The molecule has 0 radical (unpaired) electrons. The summed E-state index contributed by atoms with van der Waals surface area (Å²) in [6.45, 7) is 0. The van der Waals surface area contributed by atoms with Gasteiger partial charge in [-0.25, -0.2) is 8.78 Å². The van der Waals surface area contributed by atoms with Crippen molar-refractivity contribution in [2.24, 2.45) is 0 Å². The Morgan fingerprint density at radius 1 is 1.00 bits per heavy atom. The van der Waals surface area contributed by atoms with Crippen molar-refractivity contribution in [1.82, 2.24) is 0 Å². The lowest BCUT2D eigenvalue weighted by Crippen LogP contribution is -1.94.